The van der Waals surface area contributed by atoms with Crippen LogP contribution in [0.25, 0.3) is 11.2 Å². The second-order valence-electron chi connectivity index (χ2n) is 7.26. The number of aliphatic hydroxyl groups excluding tert-OH is 2. The summed E-state index contributed by atoms with van der Waals surface area (Å²) in [6.45, 7) is 0. The monoisotopic (exact) mass is 442 g/mol. The maximum Gasteiger partial charge on any atom is 0.307 e. The molecule has 3 heterocycles. The van der Waals surface area contributed by atoms with Crippen LogP contribution in [0.5, 0.6) is 0 Å². The fraction of sp³-hybridized carbons (Fsp3) is 0.350. The van der Waals surface area contributed by atoms with E-state index in [2.05, 4.69) is 20.3 Å². The molecule has 32 heavy (non-hydrogen) atoms. The summed E-state index contributed by atoms with van der Waals surface area (Å²) in [5.41, 5.74) is 7.03. The van der Waals surface area contributed by atoms with Crippen molar-refractivity contribution in [2.24, 2.45) is 0 Å². The highest BCUT2D eigenvalue weighted by molar-refractivity contribution is 5.83. The molecular formula is C20H22N6O6. The Balaban J connectivity index is 1.55. The quantitative estimate of drug-likeness (QED) is 0.362. The smallest absolute Gasteiger partial charge is 0.307 e. The van der Waals surface area contributed by atoms with Crippen LogP contribution in [0.15, 0.2) is 43.0 Å². The lowest BCUT2D eigenvalue weighted by atomic mass is 10.0. The normalized spacial score (nSPS) is 23.7. The molecule has 4 rings (SSSR count). The van der Waals surface area contributed by atoms with Gasteiger partial charge >= 0.3 is 5.97 Å². The van der Waals surface area contributed by atoms with Gasteiger partial charge in [-0.05, 0) is 5.56 Å². The number of aromatic nitrogens is 4. The number of hydrogen-bond acceptors (Lipinski definition) is 10. The van der Waals surface area contributed by atoms with Gasteiger partial charge in [0, 0.05) is 0 Å². The van der Waals surface area contributed by atoms with E-state index in [-0.39, 0.29) is 17.9 Å². The Kier molecular flexibility index (Phi) is 5.99. The highest BCUT2D eigenvalue weighted by Crippen LogP contribution is 2.32. The molecule has 1 aliphatic rings. The molecule has 0 radical (unpaired) electrons. The predicted molar refractivity (Wildman–Crippen MR) is 110 cm³/mol. The van der Waals surface area contributed by atoms with Crippen LogP contribution in [0.4, 0.5) is 5.82 Å². The molecule has 5 atom stereocenters. The molecule has 3 aromatic rings. The van der Waals surface area contributed by atoms with E-state index in [1.54, 1.807) is 30.3 Å². The van der Waals surface area contributed by atoms with Crippen LogP contribution in [0, 0.1) is 0 Å². The molecule has 0 saturated carbocycles. The van der Waals surface area contributed by atoms with Gasteiger partial charge in [0.05, 0.1) is 25.9 Å². The number of hydrogen-bond donors (Lipinski definition) is 4. The van der Waals surface area contributed by atoms with Crippen molar-refractivity contribution in [3.63, 3.8) is 0 Å². The number of imidazole rings is 1. The van der Waals surface area contributed by atoms with E-state index in [9.17, 15) is 19.8 Å². The highest BCUT2D eigenvalue weighted by atomic mass is 16.6. The van der Waals surface area contributed by atoms with Crippen LogP contribution in [-0.4, -0.2) is 67.0 Å². The number of anilines is 1. The van der Waals surface area contributed by atoms with E-state index in [4.69, 9.17) is 15.2 Å². The molecule has 0 aliphatic carbocycles. The minimum atomic E-state index is -1.54. The van der Waals surface area contributed by atoms with E-state index < -0.39 is 42.5 Å². The summed E-state index contributed by atoms with van der Waals surface area (Å²) in [6.07, 6.45) is -3.09. The molecule has 168 valence electrons. The zero-order valence-electron chi connectivity index (χ0n) is 17.0. The summed E-state index contributed by atoms with van der Waals surface area (Å²) in [5, 5.41) is 23.8. The number of esters is 1. The number of carbonyl (C=O) groups excluding carboxylic acids is 2. The Labute approximate surface area is 182 Å². The zero-order valence-corrected chi connectivity index (χ0v) is 17.0. The van der Waals surface area contributed by atoms with Crippen LogP contribution >= 0.6 is 0 Å². The lowest BCUT2D eigenvalue weighted by Crippen LogP contribution is -2.44. The molecule has 0 spiro atoms. The number of nitrogens with zero attached hydrogens (tertiary/aromatic N) is 4. The molecule has 1 amide bonds. The first-order chi connectivity index (χ1) is 15.4. The molecule has 1 fully saturated rings. The molecule has 2 aromatic heterocycles. The molecule has 1 aliphatic heterocycles. The minimum Gasteiger partial charge on any atom is -0.469 e. The Hall–Kier alpha value is -3.61. The second-order valence-corrected chi connectivity index (χ2v) is 7.26. The molecule has 1 aromatic carbocycles. The number of fused-ring (bicyclic) bond motifs is 1. The third-order valence-corrected chi connectivity index (χ3v) is 5.27. The molecule has 1 saturated heterocycles. The highest BCUT2D eigenvalue weighted by Gasteiger charge is 2.48. The van der Waals surface area contributed by atoms with Gasteiger partial charge in [-0.2, -0.15) is 0 Å². The van der Waals surface area contributed by atoms with Crippen molar-refractivity contribution in [1.82, 2.24) is 24.8 Å². The van der Waals surface area contributed by atoms with E-state index in [0.717, 1.165) is 0 Å². The summed E-state index contributed by atoms with van der Waals surface area (Å²) in [7, 11) is 1.25. The van der Waals surface area contributed by atoms with Crippen LogP contribution in [0.1, 0.15) is 24.3 Å². The number of amides is 1. The lowest BCUT2D eigenvalue weighted by molar-refractivity contribution is -0.142. The number of carbonyl (C=O) groups is 2. The SMILES string of the molecule is COC(=O)CC(NC(=O)C1OC(n2cnc3c(N)ncnc32)C(O)C1O)c1ccccc1. The van der Waals surface area contributed by atoms with Gasteiger partial charge in [0.1, 0.15) is 24.1 Å². The van der Waals surface area contributed by atoms with Gasteiger partial charge in [0.2, 0.25) is 0 Å². The predicted octanol–water partition coefficient (Wildman–Crippen LogP) is -0.552. The molecule has 5 N–H and O–H groups in total. The van der Waals surface area contributed by atoms with Crippen LogP contribution in [0.2, 0.25) is 0 Å². The molecule has 12 nitrogen and oxygen atoms in total. The fourth-order valence-corrected chi connectivity index (χ4v) is 3.60. The average molecular weight is 442 g/mol. The minimum absolute atomic E-state index is 0.122. The summed E-state index contributed by atoms with van der Waals surface area (Å²) in [5.74, 6) is -1.08. The fourth-order valence-electron chi connectivity index (χ4n) is 3.60. The number of rotatable bonds is 6. The summed E-state index contributed by atoms with van der Waals surface area (Å²) in [4.78, 5) is 36.9. The number of ether oxygens (including phenoxy) is 2. The summed E-state index contributed by atoms with van der Waals surface area (Å²) < 4.78 is 11.8. The number of nitrogen functional groups attached to an aromatic ring is 1. The number of aliphatic hydroxyl groups is 2. The van der Waals surface area contributed by atoms with Gasteiger partial charge < -0.3 is 30.7 Å². The van der Waals surface area contributed by atoms with Crippen molar-refractivity contribution in [1.29, 1.82) is 0 Å². The first-order valence-electron chi connectivity index (χ1n) is 9.77. The maximum absolute atomic E-state index is 13.0. The van der Waals surface area contributed by atoms with Crippen molar-refractivity contribution < 1.29 is 29.3 Å². The number of methoxy groups -OCH3 is 1. The number of nitrogens with two attached hydrogens (primary N) is 1. The Morgan fingerprint density at radius 3 is 2.69 bits per heavy atom. The van der Waals surface area contributed by atoms with Crippen LogP contribution in [-0.2, 0) is 19.1 Å². The van der Waals surface area contributed by atoms with Crippen molar-refractivity contribution in [3.05, 3.63) is 48.5 Å². The van der Waals surface area contributed by atoms with Gasteiger partial charge in [0.25, 0.3) is 5.91 Å². The van der Waals surface area contributed by atoms with Gasteiger partial charge in [0.15, 0.2) is 23.8 Å². The van der Waals surface area contributed by atoms with Crippen molar-refractivity contribution >= 4 is 28.9 Å². The molecule has 0 bridgehead atoms. The number of benzene rings is 1. The van der Waals surface area contributed by atoms with E-state index in [0.29, 0.717) is 11.1 Å². The Bertz CT molecular complexity index is 1120. The van der Waals surface area contributed by atoms with Gasteiger partial charge in [-0.15, -0.1) is 0 Å². The molecular weight excluding hydrogens is 420 g/mol. The average Bonchev–Trinajstić information content (AvgIpc) is 3.36. The third kappa shape index (κ3) is 3.98. The van der Waals surface area contributed by atoms with Crippen molar-refractivity contribution in [3.8, 4) is 0 Å². The lowest BCUT2D eigenvalue weighted by Gasteiger charge is -2.21. The Morgan fingerprint density at radius 1 is 1.22 bits per heavy atom. The van der Waals surface area contributed by atoms with Crippen LogP contribution in [0.3, 0.4) is 0 Å². The van der Waals surface area contributed by atoms with Crippen molar-refractivity contribution in [2.45, 2.75) is 37.0 Å². The largest absolute Gasteiger partial charge is 0.469 e. The van der Waals surface area contributed by atoms with Crippen molar-refractivity contribution in [2.75, 3.05) is 12.8 Å². The first kappa shape index (κ1) is 21.6. The topological polar surface area (TPSA) is 175 Å². The molecule has 5 unspecified atom stereocenters. The third-order valence-electron chi connectivity index (χ3n) is 5.27. The van der Waals surface area contributed by atoms with Crippen LogP contribution < -0.4 is 11.1 Å². The standard InChI is InChI=1S/C20H22N6O6/c1-31-12(27)7-11(10-5-3-2-4-6-10)25-19(30)16-14(28)15(29)20(32-16)26-9-24-13-17(21)22-8-23-18(13)26/h2-6,8-9,11,14-16,20,28-29H,7H2,1H3,(H,25,30)(H2,21,22,23). The van der Waals surface area contributed by atoms with E-state index >= 15 is 0 Å². The zero-order chi connectivity index (χ0) is 22.8. The van der Waals surface area contributed by atoms with E-state index in [1.165, 1.54) is 24.3 Å². The second kappa shape index (κ2) is 8.86. The van der Waals surface area contributed by atoms with E-state index in [1.807, 2.05) is 0 Å². The summed E-state index contributed by atoms with van der Waals surface area (Å²) >= 11 is 0. The summed E-state index contributed by atoms with van der Waals surface area (Å²) in [6, 6.07) is 8.12. The first-order valence-corrected chi connectivity index (χ1v) is 9.77. The maximum atomic E-state index is 13.0. The molecule has 12 heteroatoms. The van der Waals surface area contributed by atoms with Gasteiger partial charge in [-0.3, -0.25) is 14.2 Å². The Morgan fingerprint density at radius 2 is 1.97 bits per heavy atom. The van der Waals surface area contributed by atoms with Gasteiger partial charge in [-0.25, -0.2) is 15.0 Å². The van der Waals surface area contributed by atoms with Gasteiger partial charge in [-0.1, -0.05) is 30.3 Å². The number of nitrogens with one attached hydrogen (secondary N) is 1.